The molecule has 0 spiro atoms. The van der Waals surface area contributed by atoms with Gasteiger partial charge in [0.2, 0.25) is 5.91 Å². The number of nitrogens with one attached hydrogen (secondary N) is 1. The summed E-state index contributed by atoms with van der Waals surface area (Å²) in [5.41, 5.74) is 0.625. The lowest BCUT2D eigenvalue weighted by Crippen LogP contribution is -2.59. The Labute approximate surface area is 111 Å². The maximum atomic E-state index is 12.0. The number of rotatable bonds is 4. The number of carbonyl (C=O) groups excluding carboxylic acids is 1. The summed E-state index contributed by atoms with van der Waals surface area (Å²) in [6.45, 7) is 6.52. The van der Waals surface area contributed by atoms with E-state index in [9.17, 15) is 4.79 Å². The minimum atomic E-state index is -0.335. The topological polar surface area (TPSA) is 38.3 Å². The Balaban J connectivity index is 1.99. The second kappa shape index (κ2) is 4.84. The molecule has 18 heavy (non-hydrogen) atoms. The van der Waals surface area contributed by atoms with E-state index >= 15 is 0 Å². The Hall–Kier alpha value is -0.570. The Morgan fingerprint density at radius 2 is 1.56 bits per heavy atom. The summed E-state index contributed by atoms with van der Waals surface area (Å²) in [5.74, 6) is 0.820. The van der Waals surface area contributed by atoms with Crippen LogP contribution in [0.3, 0.4) is 0 Å². The minimum Gasteiger partial charge on any atom is -0.372 e. The smallest absolute Gasteiger partial charge is 0.249 e. The average Bonchev–Trinajstić information content (AvgIpc) is 2.39. The fourth-order valence-corrected chi connectivity index (χ4v) is 3.74. The first-order valence-electron chi connectivity index (χ1n) is 7.28. The van der Waals surface area contributed by atoms with Gasteiger partial charge in [-0.25, -0.2) is 0 Å². The lowest BCUT2D eigenvalue weighted by Gasteiger charge is -2.55. The maximum absolute atomic E-state index is 12.0. The molecule has 1 atom stereocenters. The van der Waals surface area contributed by atoms with E-state index in [1.165, 1.54) is 19.3 Å². The third-order valence-corrected chi connectivity index (χ3v) is 5.64. The first-order chi connectivity index (χ1) is 8.43. The molecule has 2 bridgehead atoms. The third-order valence-electron chi connectivity index (χ3n) is 5.64. The first kappa shape index (κ1) is 13.9. The van der Waals surface area contributed by atoms with Crippen LogP contribution < -0.4 is 5.32 Å². The van der Waals surface area contributed by atoms with Gasteiger partial charge >= 0.3 is 0 Å². The highest BCUT2D eigenvalue weighted by molar-refractivity contribution is 5.81. The molecule has 0 aromatic rings. The summed E-state index contributed by atoms with van der Waals surface area (Å²) in [5, 5.41) is 3.26. The van der Waals surface area contributed by atoms with Crippen LogP contribution in [-0.2, 0) is 9.53 Å². The van der Waals surface area contributed by atoms with Crippen molar-refractivity contribution in [3.8, 4) is 0 Å². The van der Waals surface area contributed by atoms with Crippen LogP contribution in [0.15, 0.2) is 0 Å². The monoisotopic (exact) mass is 253 g/mol. The van der Waals surface area contributed by atoms with Crippen molar-refractivity contribution < 1.29 is 9.53 Å². The van der Waals surface area contributed by atoms with Crippen molar-refractivity contribution >= 4 is 5.91 Å². The average molecular weight is 253 g/mol. The molecule has 3 rings (SSSR count). The van der Waals surface area contributed by atoms with E-state index in [4.69, 9.17) is 4.74 Å². The third kappa shape index (κ3) is 2.29. The van der Waals surface area contributed by atoms with E-state index in [2.05, 4.69) is 19.2 Å². The van der Waals surface area contributed by atoms with E-state index in [0.29, 0.717) is 5.41 Å². The number of hydrogen-bond donors (Lipinski definition) is 1. The predicted octanol–water partition coefficient (Wildman–Crippen LogP) is 2.89. The molecule has 0 aliphatic heterocycles. The van der Waals surface area contributed by atoms with Crippen LogP contribution in [0.1, 0.15) is 59.3 Å². The van der Waals surface area contributed by atoms with Gasteiger partial charge in [0.25, 0.3) is 0 Å². The van der Waals surface area contributed by atoms with Crippen LogP contribution in [0.2, 0.25) is 0 Å². The van der Waals surface area contributed by atoms with E-state index in [1.54, 1.807) is 7.11 Å². The van der Waals surface area contributed by atoms with Gasteiger partial charge in [-0.3, -0.25) is 4.79 Å². The number of carbonyl (C=O) groups is 1. The Morgan fingerprint density at radius 1 is 1.06 bits per heavy atom. The van der Waals surface area contributed by atoms with Gasteiger partial charge in [-0.2, -0.15) is 0 Å². The van der Waals surface area contributed by atoms with Crippen LogP contribution in [0.4, 0.5) is 0 Å². The van der Waals surface area contributed by atoms with Crippen molar-refractivity contribution in [3.63, 3.8) is 0 Å². The Kier molecular flexibility index (Phi) is 3.72. The van der Waals surface area contributed by atoms with Crippen LogP contribution in [0.5, 0.6) is 0 Å². The molecule has 3 fully saturated rings. The maximum Gasteiger partial charge on any atom is 0.249 e. The number of amides is 1. The first-order valence-corrected chi connectivity index (χ1v) is 7.28. The van der Waals surface area contributed by atoms with Crippen LogP contribution in [0.25, 0.3) is 0 Å². The molecule has 3 aliphatic carbocycles. The molecule has 0 radical (unpaired) electrons. The molecule has 0 unspecified atom stereocenters. The van der Waals surface area contributed by atoms with E-state index < -0.39 is 0 Å². The highest BCUT2D eigenvalue weighted by Gasteiger charge is 2.50. The normalized spacial score (nSPS) is 36.7. The molecule has 0 aromatic heterocycles. The van der Waals surface area contributed by atoms with Gasteiger partial charge in [-0.05, 0) is 56.8 Å². The van der Waals surface area contributed by atoms with Crippen molar-refractivity contribution in [1.29, 1.82) is 0 Å². The molecular formula is C15H27NO2. The molecular weight excluding hydrogens is 226 g/mol. The second-order valence-corrected chi connectivity index (χ2v) is 6.66. The fourth-order valence-electron chi connectivity index (χ4n) is 3.74. The van der Waals surface area contributed by atoms with Crippen LogP contribution in [0, 0.1) is 11.3 Å². The zero-order valence-electron chi connectivity index (χ0n) is 12.2. The van der Waals surface area contributed by atoms with Crippen molar-refractivity contribution in [2.75, 3.05) is 7.11 Å². The van der Waals surface area contributed by atoms with Crippen molar-refractivity contribution in [2.45, 2.75) is 70.9 Å². The molecule has 104 valence electrons. The van der Waals surface area contributed by atoms with Crippen LogP contribution in [-0.4, -0.2) is 24.7 Å². The van der Waals surface area contributed by atoms with Gasteiger partial charge in [0.1, 0.15) is 6.10 Å². The number of ether oxygens (including phenoxy) is 1. The molecule has 3 heteroatoms. The summed E-state index contributed by atoms with van der Waals surface area (Å²) in [6, 6.07) is 0. The summed E-state index contributed by atoms with van der Waals surface area (Å²) >= 11 is 0. The Morgan fingerprint density at radius 3 is 1.94 bits per heavy atom. The standard InChI is InChI=1S/C15H27NO2/c1-11(2)14-5-8-15(9-6-14,10-7-14)16-13(17)12(3)18-4/h11-12H,5-10H2,1-4H3,(H,16,17)/t12-,14?,15?/m0/s1. The Bertz CT molecular complexity index is 300. The highest BCUT2D eigenvalue weighted by atomic mass is 16.5. The molecule has 1 amide bonds. The quantitative estimate of drug-likeness (QED) is 0.836. The van der Waals surface area contributed by atoms with Crippen LogP contribution >= 0.6 is 0 Å². The highest BCUT2D eigenvalue weighted by Crippen LogP contribution is 2.55. The lowest BCUT2D eigenvalue weighted by molar-refractivity contribution is -0.135. The molecule has 3 aliphatic rings. The number of fused-ring (bicyclic) bond motifs is 3. The van der Waals surface area contributed by atoms with Gasteiger partial charge in [-0.1, -0.05) is 13.8 Å². The van der Waals surface area contributed by atoms with Gasteiger partial charge in [0.15, 0.2) is 0 Å². The fraction of sp³-hybridized carbons (Fsp3) is 0.933. The van der Waals surface area contributed by atoms with E-state index in [1.807, 2.05) is 6.92 Å². The molecule has 3 saturated carbocycles. The zero-order chi connectivity index (χ0) is 13.4. The molecule has 0 heterocycles. The van der Waals surface area contributed by atoms with Gasteiger partial charge in [-0.15, -0.1) is 0 Å². The molecule has 1 N–H and O–H groups in total. The summed E-state index contributed by atoms with van der Waals surface area (Å²) in [7, 11) is 1.59. The summed E-state index contributed by atoms with van der Waals surface area (Å²) < 4.78 is 5.10. The summed E-state index contributed by atoms with van der Waals surface area (Å²) in [4.78, 5) is 12.0. The molecule has 0 aromatic carbocycles. The van der Waals surface area contributed by atoms with Gasteiger partial charge < -0.3 is 10.1 Å². The van der Waals surface area contributed by atoms with Gasteiger partial charge in [0, 0.05) is 12.6 Å². The second-order valence-electron chi connectivity index (χ2n) is 6.66. The SMILES string of the molecule is CO[C@@H](C)C(=O)NC12CCC(C(C)C)(CC1)CC2. The molecule has 3 nitrogen and oxygen atoms in total. The van der Waals surface area contributed by atoms with Crippen molar-refractivity contribution in [2.24, 2.45) is 11.3 Å². The van der Waals surface area contributed by atoms with Gasteiger partial charge in [0.05, 0.1) is 0 Å². The zero-order valence-corrected chi connectivity index (χ0v) is 12.2. The lowest BCUT2D eigenvalue weighted by atomic mass is 9.53. The largest absolute Gasteiger partial charge is 0.372 e. The number of hydrogen-bond acceptors (Lipinski definition) is 2. The van der Waals surface area contributed by atoms with Crippen molar-refractivity contribution in [3.05, 3.63) is 0 Å². The molecule has 0 saturated heterocycles. The number of methoxy groups -OCH3 is 1. The van der Waals surface area contributed by atoms with E-state index in [0.717, 1.165) is 25.2 Å². The minimum absolute atomic E-state index is 0.0523. The predicted molar refractivity (Wildman–Crippen MR) is 72.3 cm³/mol. The van der Waals surface area contributed by atoms with E-state index in [-0.39, 0.29) is 17.6 Å². The van der Waals surface area contributed by atoms with Crippen molar-refractivity contribution in [1.82, 2.24) is 5.32 Å². The summed E-state index contributed by atoms with van der Waals surface area (Å²) in [6.07, 6.45) is 6.91.